The van der Waals surface area contributed by atoms with Crippen LogP contribution in [0, 0.1) is 0 Å². The zero-order chi connectivity index (χ0) is 17.7. The lowest BCUT2D eigenvalue weighted by Crippen LogP contribution is -2.36. The Labute approximate surface area is 140 Å². The van der Waals surface area contributed by atoms with E-state index in [0.717, 1.165) is 5.69 Å². The van der Waals surface area contributed by atoms with Crippen molar-refractivity contribution in [2.45, 2.75) is 26.2 Å². The van der Waals surface area contributed by atoms with Gasteiger partial charge in [0.2, 0.25) is 11.8 Å². The van der Waals surface area contributed by atoms with Crippen LogP contribution in [-0.4, -0.2) is 35.2 Å². The van der Waals surface area contributed by atoms with Crippen molar-refractivity contribution < 1.29 is 19.2 Å². The van der Waals surface area contributed by atoms with Crippen LogP contribution in [0.1, 0.15) is 26.5 Å². The summed E-state index contributed by atoms with van der Waals surface area (Å²) >= 11 is 0. The van der Waals surface area contributed by atoms with Gasteiger partial charge in [-0.3, -0.25) is 14.9 Å². The number of para-hydroxylation sites is 1. The van der Waals surface area contributed by atoms with Crippen LogP contribution in [0.15, 0.2) is 40.9 Å². The van der Waals surface area contributed by atoms with Crippen LogP contribution in [0.25, 0.3) is 0 Å². The number of amides is 1. The molecule has 0 saturated heterocycles. The lowest BCUT2D eigenvalue weighted by atomic mass is 9.92. The quantitative estimate of drug-likeness (QED) is 0.844. The molecule has 2 rings (SSSR count). The van der Waals surface area contributed by atoms with E-state index < -0.39 is 5.97 Å². The van der Waals surface area contributed by atoms with Crippen LogP contribution in [0.2, 0.25) is 0 Å². The van der Waals surface area contributed by atoms with Gasteiger partial charge >= 0.3 is 5.97 Å². The van der Waals surface area contributed by atoms with Crippen molar-refractivity contribution >= 4 is 23.4 Å². The van der Waals surface area contributed by atoms with E-state index in [0.29, 0.717) is 5.69 Å². The summed E-state index contributed by atoms with van der Waals surface area (Å²) in [5.41, 5.74) is 1.19. The van der Waals surface area contributed by atoms with Gasteiger partial charge in [-0.15, -0.1) is 0 Å². The molecule has 2 N–H and O–H groups in total. The predicted molar refractivity (Wildman–Crippen MR) is 90.1 cm³/mol. The van der Waals surface area contributed by atoms with E-state index in [1.807, 2.05) is 26.8 Å². The van der Waals surface area contributed by atoms with E-state index in [4.69, 9.17) is 9.63 Å². The molecule has 0 aliphatic heterocycles. The highest BCUT2D eigenvalue weighted by atomic mass is 16.5. The van der Waals surface area contributed by atoms with Gasteiger partial charge in [0.25, 0.3) is 0 Å². The summed E-state index contributed by atoms with van der Waals surface area (Å²) in [6.45, 7) is 5.57. The van der Waals surface area contributed by atoms with Gasteiger partial charge in [0, 0.05) is 17.2 Å². The van der Waals surface area contributed by atoms with Gasteiger partial charge in [-0.25, -0.2) is 0 Å². The van der Waals surface area contributed by atoms with E-state index in [9.17, 15) is 9.59 Å². The fourth-order valence-electron chi connectivity index (χ4n) is 2.08. The maximum Gasteiger partial charge on any atom is 0.323 e. The van der Waals surface area contributed by atoms with E-state index in [-0.39, 0.29) is 30.3 Å². The number of carbonyl (C=O) groups is 2. The lowest BCUT2D eigenvalue weighted by molar-refractivity contribution is -0.135. The number of hydrogen-bond donors (Lipinski definition) is 2. The van der Waals surface area contributed by atoms with Crippen molar-refractivity contribution in [1.82, 2.24) is 5.16 Å². The molecule has 0 unspecified atom stereocenters. The Kier molecular flexibility index (Phi) is 5.23. The number of aromatic nitrogens is 1. The first-order valence-corrected chi connectivity index (χ1v) is 7.54. The van der Waals surface area contributed by atoms with Crippen molar-refractivity contribution in [3.8, 4) is 0 Å². The summed E-state index contributed by atoms with van der Waals surface area (Å²) in [7, 11) is 0. The van der Waals surface area contributed by atoms with Crippen molar-refractivity contribution in [2.24, 2.45) is 0 Å². The highest BCUT2D eigenvalue weighted by Gasteiger charge is 2.20. The van der Waals surface area contributed by atoms with Crippen LogP contribution < -0.4 is 10.2 Å². The monoisotopic (exact) mass is 331 g/mol. The minimum absolute atomic E-state index is 0.109. The Morgan fingerprint density at radius 2 is 1.88 bits per heavy atom. The fourth-order valence-corrected chi connectivity index (χ4v) is 2.08. The highest BCUT2D eigenvalue weighted by Crippen LogP contribution is 2.23. The summed E-state index contributed by atoms with van der Waals surface area (Å²) in [5.74, 6) is -1.15. The van der Waals surface area contributed by atoms with E-state index >= 15 is 0 Å². The largest absolute Gasteiger partial charge is 0.480 e. The number of rotatable bonds is 6. The molecule has 1 amide bonds. The van der Waals surface area contributed by atoms with Gasteiger partial charge < -0.3 is 14.5 Å². The Morgan fingerprint density at radius 1 is 1.21 bits per heavy atom. The smallest absolute Gasteiger partial charge is 0.323 e. The third-order valence-corrected chi connectivity index (χ3v) is 3.32. The van der Waals surface area contributed by atoms with Crippen molar-refractivity contribution in [3.05, 3.63) is 42.1 Å². The molecule has 0 spiro atoms. The Morgan fingerprint density at radius 3 is 2.42 bits per heavy atom. The van der Waals surface area contributed by atoms with Crippen LogP contribution in [0.3, 0.4) is 0 Å². The summed E-state index contributed by atoms with van der Waals surface area (Å²) in [6, 6.07) is 10.6. The second kappa shape index (κ2) is 7.16. The molecule has 7 heteroatoms. The molecule has 0 fully saturated rings. The number of aliphatic carboxylic acids is 1. The second-order valence-corrected chi connectivity index (χ2v) is 6.46. The summed E-state index contributed by atoms with van der Waals surface area (Å²) in [6.07, 6.45) is 0. The van der Waals surface area contributed by atoms with Crippen molar-refractivity contribution in [2.75, 3.05) is 23.3 Å². The maximum atomic E-state index is 12.2. The minimum Gasteiger partial charge on any atom is -0.480 e. The summed E-state index contributed by atoms with van der Waals surface area (Å²) in [5, 5.41) is 15.6. The van der Waals surface area contributed by atoms with E-state index in [1.165, 1.54) is 4.90 Å². The molecule has 0 bridgehead atoms. The number of benzene rings is 1. The third-order valence-electron chi connectivity index (χ3n) is 3.32. The normalized spacial score (nSPS) is 11.1. The molecule has 1 heterocycles. The molecule has 128 valence electrons. The minimum atomic E-state index is -1.01. The Bertz CT molecular complexity index is 704. The standard InChI is InChI=1S/C17H21N3O4/c1-17(2,3)13-9-15(24-19-13)18-14(21)10-20(11-16(22)23)12-7-5-4-6-8-12/h4-9H,10-11H2,1-3H3,(H,18,21)(H,22,23). The van der Waals surface area contributed by atoms with Crippen LogP contribution in [0.5, 0.6) is 0 Å². The van der Waals surface area contributed by atoms with Crippen LogP contribution in [-0.2, 0) is 15.0 Å². The zero-order valence-electron chi connectivity index (χ0n) is 13.9. The van der Waals surface area contributed by atoms with Crippen molar-refractivity contribution in [1.29, 1.82) is 0 Å². The zero-order valence-corrected chi connectivity index (χ0v) is 13.9. The summed E-state index contributed by atoms with van der Waals surface area (Å²) < 4.78 is 5.11. The maximum absolute atomic E-state index is 12.2. The van der Waals surface area contributed by atoms with Gasteiger partial charge in [0.15, 0.2) is 0 Å². The Balaban J connectivity index is 2.05. The molecule has 0 aliphatic carbocycles. The van der Waals surface area contributed by atoms with Gasteiger partial charge in [0.05, 0.1) is 12.2 Å². The number of hydrogen-bond acceptors (Lipinski definition) is 5. The number of carbonyl (C=O) groups excluding carboxylic acids is 1. The van der Waals surface area contributed by atoms with Crippen molar-refractivity contribution in [3.63, 3.8) is 0 Å². The molecule has 0 saturated carbocycles. The summed E-state index contributed by atoms with van der Waals surface area (Å²) in [4.78, 5) is 24.7. The number of nitrogens with zero attached hydrogens (tertiary/aromatic N) is 2. The molecule has 24 heavy (non-hydrogen) atoms. The van der Waals surface area contributed by atoms with E-state index in [1.54, 1.807) is 30.3 Å². The second-order valence-electron chi connectivity index (χ2n) is 6.46. The number of carboxylic acid groups (broad SMARTS) is 1. The molecule has 0 aliphatic rings. The average molecular weight is 331 g/mol. The lowest BCUT2D eigenvalue weighted by Gasteiger charge is -2.21. The van der Waals surface area contributed by atoms with E-state index in [2.05, 4.69) is 10.5 Å². The van der Waals surface area contributed by atoms with Gasteiger partial charge in [-0.05, 0) is 12.1 Å². The van der Waals surface area contributed by atoms with Gasteiger partial charge in [0.1, 0.15) is 6.54 Å². The van der Waals surface area contributed by atoms with Gasteiger partial charge in [-0.1, -0.05) is 44.1 Å². The number of carboxylic acids is 1. The molecule has 0 atom stereocenters. The molecular formula is C17H21N3O4. The Hall–Kier alpha value is -2.83. The average Bonchev–Trinajstić information content (AvgIpc) is 2.95. The van der Waals surface area contributed by atoms with Gasteiger partial charge in [-0.2, -0.15) is 0 Å². The molecule has 0 radical (unpaired) electrons. The topological polar surface area (TPSA) is 95.7 Å². The molecule has 2 aromatic rings. The first-order chi connectivity index (χ1) is 11.3. The molecular weight excluding hydrogens is 310 g/mol. The SMILES string of the molecule is CC(C)(C)c1cc(NC(=O)CN(CC(=O)O)c2ccccc2)on1. The first kappa shape index (κ1) is 17.5. The molecule has 7 nitrogen and oxygen atoms in total. The first-order valence-electron chi connectivity index (χ1n) is 7.54. The van der Waals surface area contributed by atoms with Crippen LogP contribution >= 0.6 is 0 Å². The number of anilines is 2. The highest BCUT2D eigenvalue weighted by molar-refractivity contribution is 5.93. The predicted octanol–water partition coefficient (Wildman–Crippen LogP) is 2.50. The fraction of sp³-hybridized carbons (Fsp3) is 0.353. The molecule has 1 aromatic carbocycles. The molecule has 1 aromatic heterocycles. The number of nitrogens with one attached hydrogen (secondary N) is 1. The van der Waals surface area contributed by atoms with Crippen LogP contribution in [0.4, 0.5) is 11.6 Å². The third kappa shape index (κ3) is 4.84.